The van der Waals surface area contributed by atoms with Crippen molar-refractivity contribution in [3.63, 3.8) is 0 Å². The number of hydrogen-bond acceptors (Lipinski definition) is 2. The quantitative estimate of drug-likeness (QED) is 0.814. The van der Waals surface area contributed by atoms with E-state index in [9.17, 15) is 0 Å². The van der Waals surface area contributed by atoms with Gasteiger partial charge in [-0.05, 0) is 45.0 Å². The summed E-state index contributed by atoms with van der Waals surface area (Å²) in [6.45, 7) is 7.53. The number of hydrogen-bond donors (Lipinski definition) is 1. The van der Waals surface area contributed by atoms with Crippen LogP contribution in [0.3, 0.4) is 0 Å². The topological polar surface area (TPSA) is 15.3 Å². The molecule has 2 nitrogen and oxygen atoms in total. The minimum atomic E-state index is 0.541. The zero-order chi connectivity index (χ0) is 11.4. The lowest BCUT2D eigenvalue weighted by molar-refractivity contribution is 0.751. The molecular weight excluding hydrogens is 184 g/mol. The SMILES string of the molecule is CNCc1ccc(N(C)C(C)C)c(C)c1. The van der Waals surface area contributed by atoms with Crippen LogP contribution in [0.25, 0.3) is 0 Å². The molecule has 0 unspecified atom stereocenters. The van der Waals surface area contributed by atoms with Crippen LogP contribution < -0.4 is 10.2 Å². The Morgan fingerprint density at radius 2 is 2.00 bits per heavy atom. The first-order chi connectivity index (χ1) is 7.06. The van der Waals surface area contributed by atoms with Gasteiger partial charge in [0, 0.05) is 25.3 Å². The summed E-state index contributed by atoms with van der Waals surface area (Å²) in [5.74, 6) is 0. The summed E-state index contributed by atoms with van der Waals surface area (Å²) in [6, 6.07) is 7.20. The van der Waals surface area contributed by atoms with Crippen molar-refractivity contribution in [3.8, 4) is 0 Å². The smallest absolute Gasteiger partial charge is 0.0395 e. The van der Waals surface area contributed by atoms with Crippen molar-refractivity contribution >= 4 is 5.69 Å². The average molecular weight is 206 g/mol. The van der Waals surface area contributed by atoms with E-state index in [0.717, 1.165) is 6.54 Å². The fourth-order valence-corrected chi connectivity index (χ4v) is 1.71. The Kier molecular flexibility index (Phi) is 4.15. The lowest BCUT2D eigenvalue weighted by atomic mass is 10.1. The fraction of sp³-hybridized carbons (Fsp3) is 0.538. The molecule has 0 bridgehead atoms. The summed E-state index contributed by atoms with van der Waals surface area (Å²) in [5.41, 5.74) is 4.01. The second-order valence-electron chi connectivity index (χ2n) is 4.36. The van der Waals surface area contributed by atoms with Gasteiger partial charge in [0.05, 0.1) is 0 Å². The van der Waals surface area contributed by atoms with Crippen molar-refractivity contribution in [1.29, 1.82) is 0 Å². The van der Waals surface area contributed by atoms with Crippen molar-refractivity contribution in [2.24, 2.45) is 0 Å². The highest BCUT2D eigenvalue weighted by atomic mass is 15.1. The van der Waals surface area contributed by atoms with Gasteiger partial charge in [-0.2, -0.15) is 0 Å². The van der Waals surface area contributed by atoms with Crippen LogP contribution in [0.5, 0.6) is 0 Å². The molecule has 0 aliphatic rings. The zero-order valence-corrected chi connectivity index (χ0v) is 10.5. The van der Waals surface area contributed by atoms with Crippen molar-refractivity contribution in [2.45, 2.75) is 33.4 Å². The number of benzene rings is 1. The zero-order valence-electron chi connectivity index (χ0n) is 10.5. The average Bonchev–Trinajstić information content (AvgIpc) is 2.17. The van der Waals surface area contributed by atoms with Gasteiger partial charge in [-0.25, -0.2) is 0 Å². The van der Waals surface area contributed by atoms with E-state index in [-0.39, 0.29) is 0 Å². The first-order valence-corrected chi connectivity index (χ1v) is 5.53. The Labute approximate surface area is 93.3 Å². The van der Waals surface area contributed by atoms with Gasteiger partial charge in [-0.3, -0.25) is 0 Å². The van der Waals surface area contributed by atoms with E-state index in [1.807, 2.05) is 7.05 Å². The van der Waals surface area contributed by atoms with Gasteiger partial charge >= 0.3 is 0 Å². The molecule has 0 atom stereocenters. The predicted octanol–water partition coefficient (Wildman–Crippen LogP) is 2.56. The van der Waals surface area contributed by atoms with E-state index < -0.39 is 0 Å². The number of aryl methyl sites for hydroxylation is 1. The van der Waals surface area contributed by atoms with Crippen LogP contribution >= 0.6 is 0 Å². The lowest BCUT2D eigenvalue weighted by Gasteiger charge is -2.26. The molecule has 2 heteroatoms. The second-order valence-corrected chi connectivity index (χ2v) is 4.36. The highest BCUT2D eigenvalue weighted by molar-refractivity contribution is 5.54. The molecule has 0 radical (unpaired) electrons. The summed E-state index contributed by atoms with van der Waals surface area (Å²) in [6.07, 6.45) is 0. The molecule has 0 saturated heterocycles. The van der Waals surface area contributed by atoms with Crippen LogP contribution in [-0.4, -0.2) is 20.1 Å². The third-order valence-corrected chi connectivity index (χ3v) is 2.80. The van der Waals surface area contributed by atoms with Gasteiger partial charge in [0.2, 0.25) is 0 Å². The summed E-state index contributed by atoms with van der Waals surface area (Å²) >= 11 is 0. The van der Waals surface area contributed by atoms with E-state index in [2.05, 4.69) is 56.2 Å². The minimum Gasteiger partial charge on any atom is -0.372 e. The molecule has 0 spiro atoms. The van der Waals surface area contributed by atoms with Crippen LogP contribution in [-0.2, 0) is 6.54 Å². The summed E-state index contributed by atoms with van der Waals surface area (Å²) in [5, 5.41) is 3.17. The van der Waals surface area contributed by atoms with Crippen LogP contribution in [0.4, 0.5) is 5.69 Å². The lowest BCUT2D eigenvalue weighted by Crippen LogP contribution is -2.26. The Morgan fingerprint density at radius 1 is 1.33 bits per heavy atom. The normalized spacial score (nSPS) is 10.8. The molecule has 84 valence electrons. The molecule has 0 aromatic heterocycles. The van der Waals surface area contributed by atoms with Crippen LogP contribution in [0.1, 0.15) is 25.0 Å². The summed E-state index contributed by atoms with van der Waals surface area (Å²) < 4.78 is 0. The van der Waals surface area contributed by atoms with E-state index >= 15 is 0 Å². The fourth-order valence-electron chi connectivity index (χ4n) is 1.71. The molecule has 0 fully saturated rings. The molecule has 0 aliphatic heterocycles. The summed E-state index contributed by atoms with van der Waals surface area (Å²) in [7, 11) is 4.12. The monoisotopic (exact) mass is 206 g/mol. The Hall–Kier alpha value is -1.02. The molecule has 15 heavy (non-hydrogen) atoms. The maximum atomic E-state index is 3.17. The van der Waals surface area contributed by atoms with Crippen LogP contribution in [0, 0.1) is 6.92 Å². The van der Waals surface area contributed by atoms with Crippen molar-refractivity contribution < 1.29 is 0 Å². The van der Waals surface area contributed by atoms with Crippen molar-refractivity contribution in [2.75, 3.05) is 19.0 Å². The highest BCUT2D eigenvalue weighted by Gasteiger charge is 2.07. The molecule has 1 aromatic carbocycles. The number of nitrogens with one attached hydrogen (secondary N) is 1. The first kappa shape index (κ1) is 12.1. The third-order valence-electron chi connectivity index (χ3n) is 2.80. The van der Waals surface area contributed by atoms with Gasteiger partial charge in [-0.15, -0.1) is 0 Å². The molecule has 0 heterocycles. The minimum absolute atomic E-state index is 0.541. The van der Waals surface area contributed by atoms with E-state index in [1.54, 1.807) is 0 Å². The van der Waals surface area contributed by atoms with Gasteiger partial charge in [0.15, 0.2) is 0 Å². The molecule has 1 N–H and O–H groups in total. The van der Waals surface area contributed by atoms with Crippen molar-refractivity contribution in [1.82, 2.24) is 5.32 Å². The van der Waals surface area contributed by atoms with E-state index in [4.69, 9.17) is 0 Å². The Morgan fingerprint density at radius 3 is 2.47 bits per heavy atom. The Balaban J connectivity index is 2.92. The number of rotatable bonds is 4. The summed E-state index contributed by atoms with van der Waals surface area (Å²) in [4.78, 5) is 2.30. The van der Waals surface area contributed by atoms with Crippen LogP contribution in [0.15, 0.2) is 18.2 Å². The van der Waals surface area contributed by atoms with E-state index in [1.165, 1.54) is 16.8 Å². The second kappa shape index (κ2) is 5.17. The van der Waals surface area contributed by atoms with Gasteiger partial charge < -0.3 is 10.2 Å². The van der Waals surface area contributed by atoms with Gasteiger partial charge in [0.25, 0.3) is 0 Å². The molecule has 1 rings (SSSR count). The Bertz CT molecular complexity index is 318. The molecule has 1 aromatic rings. The first-order valence-electron chi connectivity index (χ1n) is 5.53. The molecule has 0 amide bonds. The molecule has 0 saturated carbocycles. The van der Waals surface area contributed by atoms with Gasteiger partial charge in [0.1, 0.15) is 0 Å². The number of anilines is 1. The largest absolute Gasteiger partial charge is 0.372 e. The van der Waals surface area contributed by atoms with Gasteiger partial charge in [-0.1, -0.05) is 12.1 Å². The highest BCUT2D eigenvalue weighted by Crippen LogP contribution is 2.21. The third kappa shape index (κ3) is 2.96. The maximum Gasteiger partial charge on any atom is 0.0395 e. The van der Waals surface area contributed by atoms with Crippen LogP contribution in [0.2, 0.25) is 0 Å². The standard InChI is InChI=1S/C13H22N2/c1-10(2)15(5)13-7-6-12(9-14-4)8-11(13)3/h6-8,10,14H,9H2,1-5H3. The maximum absolute atomic E-state index is 3.17. The van der Waals surface area contributed by atoms with E-state index in [0.29, 0.717) is 6.04 Å². The number of nitrogens with zero attached hydrogens (tertiary/aromatic N) is 1. The van der Waals surface area contributed by atoms with Crippen molar-refractivity contribution in [3.05, 3.63) is 29.3 Å². The molecular formula is C13H22N2. The predicted molar refractivity (Wildman–Crippen MR) is 67.5 cm³/mol. The molecule has 0 aliphatic carbocycles.